The standard InChI is InChI=1S/C15H20N6.HI/c1-4-7-18-15(16-3)20-11-13-5-6-14(19-10-13)21-9-8-17-12(21)2;/h4-6,8-10H,1,7,11H2,2-3H3,(H2,16,18,20);1H. The predicted octanol–water partition coefficient (Wildman–Crippen LogP) is 2.04. The largest absolute Gasteiger partial charge is 0.353 e. The maximum Gasteiger partial charge on any atom is 0.191 e. The molecule has 22 heavy (non-hydrogen) atoms. The summed E-state index contributed by atoms with van der Waals surface area (Å²) in [5.41, 5.74) is 1.08. The van der Waals surface area contributed by atoms with E-state index in [4.69, 9.17) is 0 Å². The molecule has 0 saturated heterocycles. The summed E-state index contributed by atoms with van der Waals surface area (Å²) in [6.07, 6.45) is 7.30. The van der Waals surface area contributed by atoms with Gasteiger partial charge >= 0.3 is 0 Å². The van der Waals surface area contributed by atoms with Gasteiger partial charge in [-0.1, -0.05) is 12.1 Å². The number of hydrogen-bond acceptors (Lipinski definition) is 3. The van der Waals surface area contributed by atoms with E-state index in [0.29, 0.717) is 13.1 Å². The van der Waals surface area contributed by atoms with Crippen LogP contribution in [0.5, 0.6) is 0 Å². The van der Waals surface area contributed by atoms with E-state index in [1.54, 1.807) is 19.3 Å². The van der Waals surface area contributed by atoms with Crippen molar-refractivity contribution in [1.29, 1.82) is 0 Å². The van der Waals surface area contributed by atoms with E-state index in [2.05, 4.69) is 32.2 Å². The van der Waals surface area contributed by atoms with Gasteiger partial charge < -0.3 is 10.6 Å². The van der Waals surface area contributed by atoms with Gasteiger partial charge in [-0.15, -0.1) is 30.6 Å². The Balaban J connectivity index is 0.00000242. The van der Waals surface area contributed by atoms with Gasteiger partial charge in [0.05, 0.1) is 0 Å². The van der Waals surface area contributed by atoms with Gasteiger partial charge in [0, 0.05) is 38.7 Å². The minimum Gasteiger partial charge on any atom is -0.353 e. The number of pyridine rings is 1. The minimum atomic E-state index is 0. The molecule has 2 heterocycles. The quantitative estimate of drug-likeness (QED) is 0.342. The fraction of sp³-hybridized carbons (Fsp3) is 0.267. The molecule has 0 bridgehead atoms. The monoisotopic (exact) mass is 412 g/mol. The molecule has 2 rings (SSSR count). The number of rotatable bonds is 5. The van der Waals surface area contributed by atoms with E-state index in [-0.39, 0.29) is 24.0 Å². The summed E-state index contributed by atoms with van der Waals surface area (Å²) >= 11 is 0. The summed E-state index contributed by atoms with van der Waals surface area (Å²) < 4.78 is 1.95. The molecular weight excluding hydrogens is 391 g/mol. The van der Waals surface area contributed by atoms with Crippen molar-refractivity contribution in [2.75, 3.05) is 13.6 Å². The summed E-state index contributed by atoms with van der Waals surface area (Å²) in [5.74, 6) is 2.52. The number of hydrogen-bond donors (Lipinski definition) is 2. The molecule has 2 aromatic heterocycles. The van der Waals surface area contributed by atoms with Gasteiger partial charge in [-0.2, -0.15) is 0 Å². The Morgan fingerprint density at radius 2 is 2.18 bits per heavy atom. The van der Waals surface area contributed by atoms with Crippen LogP contribution in [0.15, 0.2) is 48.4 Å². The van der Waals surface area contributed by atoms with Crippen molar-refractivity contribution >= 4 is 29.9 Å². The molecule has 0 unspecified atom stereocenters. The number of aryl methyl sites for hydroxylation is 1. The zero-order chi connectivity index (χ0) is 15.1. The van der Waals surface area contributed by atoms with Crippen molar-refractivity contribution in [3.63, 3.8) is 0 Å². The van der Waals surface area contributed by atoms with Gasteiger partial charge in [0.2, 0.25) is 0 Å². The van der Waals surface area contributed by atoms with E-state index >= 15 is 0 Å². The lowest BCUT2D eigenvalue weighted by Crippen LogP contribution is -2.36. The number of nitrogens with one attached hydrogen (secondary N) is 2. The maximum atomic E-state index is 4.45. The van der Waals surface area contributed by atoms with E-state index in [0.717, 1.165) is 23.2 Å². The molecule has 0 aromatic carbocycles. The third-order valence-electron chi connectivity index (χ3n) is 2.98. The summed E-state index contributed by atoms with van der Waals surface area (Å²) in [5, 5.41) is 6.34. The first-order chi connectivity index (χ1) is 10.2. The molecular formula is C15H21IN6. The van der Waals surface area contributed by atoms with Crippen LogP contribution in [-0.4, -0.2) is 34.1 Å². The normalized spacial score (nSPS) is 10.7. The third kappa shape index (κ3) is 4.83. The Bertz CT molecular complexity index is 617. The number of nitrogens with zero attached hydrogens (tertiary/aromatic N) is 4. The molecule has 0 fully saturated rings. The SMILES string of the molecule is C=CCNC(=NC)NCc1ccc(-n2ccnc2C)nc1.I. The van der Waals surface area contributed by atoms with Crippen LogP contribution in [0, 0.1) is 6.92 Å². The fourth-order valence-electron chi connectivity index (χ4n) is 1.86. The van der Waals surface area contributed by atoms with Gasteiger partial charge in [0.25, 0.3) is 0 Å². The van der Waals surface area contributed by atoms with Crippen molar-refractivity contribution in [2.45, 2.75) is 13.5 Å². The molecule has 0 radical (unpaired) electrons. The first kappa shape index (κ1) is 18.1. The molecule has 2 N–H and O–H groups in total. The van der Waals surface area contributed by atoms with Gasteiger partial charge in [-0.25, -0.2) is 9.97 Å². The topological polar surface area (TPSA) is 67.1 Å². The highest BCUT2D eigenvalue weighted by molar-refractivity contribution is 14.0. The highest BCUT2D eigenvalue weighted by Gasteiger charge is 2.02. The van der Waals surface area contributed by atoms with Crippen LogP contribution >= 0.6 is 24.0 Å². The van der Waals surface area contributed by atoms with E-state index in [1.165, 1.54) is 0 Å². The second-order valence-corrected chi connectivity index (χ2v) is 4.46. The highest BCUT2D eigenvalue weighted by Crippen LogP contribution is 2.08. The molecule has 0 aliphatic carbocycles. The fourth-order valence-corrected chi connectivity index (χ4v) is 1.86. The van der Waals surface area contributed by atoms with Crippen LogP contribution < -0.4 is 10.6 Å². The summed E-state index contributed by atoms with van der Waals surface area (Å²) in [6, 6.07) is 4.02. The number of halogens is 1. The Hall–Kier alpha value is -1.90. The molecule has 2 aromatic rings. The van der Waals surface area contributed by atoms with Gasteiger partial charge in [-0.3, -0.25) is 9.56 Å². The average Bonchev–Trinajstić information content (AvgIpc) is 2.94. The summed E-state index contributed by atoms with van der Waals surface area (Å²) in [6.45, 7) is 6.95. The first-order valence-electron chi connectivity index (χ1n) is 6.75. The van der Waals surface area contributed by atoms with Crippen LogP contribution in [0.3, 0.4) is 0 Å². The smallest absolute Gasteiger partial charge is 0.191 e. The van der Waals surface area contributed by atoms with Crippen LogP contribution in [-0.2, 0) is 6.54 Å². The van der Waals surface area contributed by atoms with Gasteiger partial charge in [0.1, 0.15) is 11.6 Å². The van der Waals surface area contributed by atoms with E-state index in [1.807, 2.05) is 36.0 Å². The molecule has 0 amide bonds. The van der Waals surface area contributed by atoms with E-state index < -0.39 is 0 Å². The lowest BCUT2D eigenvalue weighted by atomic mass is 10.3. The average molecular weight is 412 g/mol. The second-order valence-electron chi connectivity index (χ2n) is 4.46. The maximum absolute atomic E-state index is 4.45. The van der Waals surface area contributed by atoms with E-state index in [9.17, 15) is 0 Å². The number of guanidine groups is 1. The second kappa shape index (κ2) is 9.19. The molecule has 0 aliphatic heterocycles. The predicted molar refractivity (Wildman–Crippen MR) is 99.9 cm³/mol. The zero-order valence-electron chi connectivity index (χ0n) is 12.8. The van der Waals surface area contributed by atoms with Crippen molar-refractivity contribution in [3.8, 4) is 5.82 Å². The van der Waals surface area contributed by atoms with Gasteiger partial charge in [-0.05, 0) is 18.6 Å². The van der Waals surface area contributed by atoms with Crippen LogP contribution in [0.2, 0.25) is 0 Å². The minimum absolute atomic E-state index is 0. The molecule has 7 heteroatoms. The number of aromatic nitrogens is 3. The van der Waals surface area contributed by atoms with Gasteiger partial charge in [0.15, 0.2) is 5.96 Å². The molecule has 0 atom stereocenters. The number of aliphatic imine (C=N–C) groups is 1. The Morgan fingerprint density at radius 1 is 1.36 bits per heavy atom. The third-order valence-corrected chi connectivity index (χ3v) is 2.98. The lowest BCUT2D eigenvalue weighted by Gasteiger charge is -2.10. The highest BCUT2D eigenvalue weighted by atomic mass is 127. The van der Waals surface area contributed by atoms with Crippen molar-refractivity contribution in [1.82, 2.24) is 25.2 Å². The molecule has 0 saturated carbocycles. The molecule has 118 valence electrons. The molecule has 0 aliphatic rings. The Morgan fingerprint density at radius 3 is 2.73 bits per heavy atom. The van der Waals surface area contributed by atoms with Crippen molar-refractivity contribution < 1.29 is 0 Å². The number of imidazole rings is 1. The van der Waals surface area contributed by atoms with Crippen molar-refractivity contribution in [2.24, 2.45) is 4.99 Å². The summed E-state index contributed by atoms with van der Waals surface area (Å²) in [7, 11) is 1.74. The van der Waals surface area contributed by atoms with Crippen LogP contribution in [0.1, 0.15) is 11.4 Å². The molecule has 6 nitrogen and oxygen atoms in total. The summed E-state index contributed by atoms with van der Waals surface area (Å²) in [4.78, 5) is 12.8. The first-order valence-corrected chi connectivity index (χ1v) is 6.75. The van der Waals surface area contributed by atoms with Crippen LogP contribution in [0.4, 0.5) is 0 Å². The Labute approximate surface area is 147 Å². The lowest BCUT2D eigenvalue weighted by molar-refractivity contribution is 0.838. The molecule has 0 spiro atoms. The Kier molecular flexibility index (Phi) is 7.58. The van der Waals surface area contributed by atoms with Crippen LogP contribution in [0.25, 0.3) is 5.82 Å². The van der Waals surface area contributed by atoms with Crippen molar-refractivity contribution in [3.05, 3.63) is 54.8 Å². The zero-order valence-corrected chi connectivity index (χ0v) is 15.1.